The molecule has 100 valence electrons. The van der Waals surface area contributed by atoms with Crippen LogP contribution < -0.4 is 22.5 Å². The SMILES string of the molecule is CC(C)(C)OC(=O)Nc1ccc(N)cc1C(N)N. The Hall–Kier alpha value is -1.79. The van der Waals surface area contributed by atoms with E-state index in [1.807, 2.05) is 0 Å². The molecular formula is C12H20N4O2. The van der Waals surface area contributed by atoms with E-state index in [1.165, 1.54) is 0 Å². The predicted molar refractivity (Wildman–Crippen MR) is 71.8 cm³/mol. The van der Waals surface area contributed by atoms with Gasteiger partial charge in [-0.25, -0.2) is 4.79 Å². The highest BCUT2D eigenvalue weighted by Crippen LogP contribution is 2.22. The first-order valence-electron chi connectivity index (χ1n) is 5.59. The summed E-state index contributed by atoms with van der Waals surface area (Å²) < 4.78 is 5.14. The van der Waals surface area contributed by atoms with Crippen molar-refractivity contribution in [3.63, 3.8) is 0 Å². The fourth-order valence-electron chi connectivity index (χ4n) is 1.38. The quantitative estimate of drug-likeness (QED) is 0.470. The van der Waals surface area contributed by atoms with Crippen LogP contribution in [-0.4, -0.2) is 11.7 Å². The van der Waals surface area contributed by atoms with Crippen LogP contribution in [0.3, 0.4) is 0 Å². The average Bonchev–Trinajstić information content (AvgIpc) is 2.17. The molecule has 0 spiro atoms. The number of benzene rings is 1. The fourth-order valence-corrected chi connectivity index (χ4v) is 1.38. The van der Waals surface area contributed by atoms with E-state index in [4.69, 9.17) is 21.9 Å². The molecule has 1 amide bonds. The first kappa shape index (κ1) is 14.3. The number of nitrogen functional groups attached to an aromatic ring is 1. The highest BCUT2D eigenvalue weighted by Gasteiger charge is 2.18. The van der Waals surface area contributed by atoms with Gasteiger partial charge >= 0.3 is 6.09 Å². The van der Waals surface area contributed by atoms with Crippen molar-refractivity contribution in [2.75, 3.05) is 11.1 Å². The minimum atomic E-state index is -0.724. The summed E-state index contributed by atoms with van der Waals surface area (Å²) in [6, 6.07) is 4.91. The number of ether oxygens (including phenoxy) is 1. The Labute approximate surface area is 106 Å². The number of nitrogens with one attached hydrogen (secondary N) is 1. The van der Waals surface area contributed by atoms with Gasteiger partial charge in [-0.2, -0.15) is 0 Å². The van der Waals surface area contributed by atoms with Crippen LogP contribution in [0.4, 0.5) is 16.2 Å². The Balaban J connectivity index is 2.88. The molecule has 6 heteroatoms. The van der Waals surface area contributed by atoms with Crippen molar-refractivity contribution in [2.45, 2.75) is 32.5 Å². The summed E-state index contributed by atoms with van der Waals surface area (Å²) in [5.74, 6) is 0. The monoisotopic (exact) mass is 252 g/mol. The third kappa shape index (κ3) is 4.23. The minimum Gasteiger partial charge on any atom is -0.444 e. The number of carbonyl (C=O) groups excluding carboxylic acids is 1. The molecule has 0 aliphatic rings. The molecule has 7 N–H and O–H groups in total. The molecule has 0 aliphatic carbocycles. The molecule has 0 saturated heterocycles. The highest BCUT2D eigenvalue weighted by atomic mass is 16.6. The van der Waals surface area contributed by atoms with Gasteiger partial charge in [0.25, 0.3) is 0 Å². The van der Waals surface area contributed by atoms with Crippen molar-refractivity contribution in [3.8, 4) is 0 Å². The molecule has 18 heavy (non-hydrogen) atoms. The lowest BCUT2D eigenvalue weighted by Gasteiger charge is -2.21. The Morgan fingerprint density at radius 1 is 1.33 bits per heavy atom. The van der Waals surface area contributed by atoms with Gasteiger partial charge in [-0.15, -0.1) is 0 Å². The molecule has 0 bridgehead atoms. The van der Waals surface area contributed by atoms with Crippen LogP contribution in [0.2, 0.25) is 0 Å². The zero-order valence-electron chi connectivity index (χ0n) is 10.9. The number of hydrogen-bond donors (Lipinski definition) is 4. The number of carbonyl (C=O) groups is 1. The molecule has 0 unspecified atom stereocenters. The number of amides is 1. The van der Waals surface area contributed by atoms with Gasteiger partial charge in [-0.05, 0) is 39.0 Å². The normalized spacial score (nSPS) is 11.4. The fraction of sp³-hybridized carbons (Fsp3) is 0.417. The van der Waals surface area contributed by atoms with Gasteiger partial charge < -0.3 is 21.9 Å². The Bertz CT molecular complexity index is 438. The van der Waals surface area contributed by atoms with Crippen molar-refractivity contribution in [2.24, 2.45) is 11.5 Å². The van der Waals surface area contributed by atoms with E-state index in [-0.39, 0.29) is 0 Å². The molecular weight excluding hydrogens is 232 g/mol. The standard InChI is InChI=1S/C12H20N4O2/c1-12(2,3)18-11(17)16-9-5-4-7(13)6-8(9)10(14)15/h4-6,10H,13-15H2,1-3H3,(H,16,17). The Morgan fingerprint density at radius 2 is 1.94 bits per heavy atom. The van der Waals surface area contributed by atoms with Gasteiger partial charge in [0.05, 0.1) is 11.9 Å². The van der Waals surface area contributed by atoms with E-state index in [9.17, 15) is 4.79 Å². The summed E-state index contributed by atoms with van der Waals surface area (Å²) >= 11 is 0. The molecule has 0 radical (unpaired) electrons. The second-order valence-corrected chi connectivity index (χ2v) is 5.00. The molecule has 0 aliphatic heterocycles. The summed E-state index contributed by atoms with van der Waals surface area (Å²) in [7, 11) is 0. The second kappa shape index (κ2) is 5.24. The zero-order chi connectivity index (χ0) is 13.9. The maximum absolute atomic E-state index is 11.6. The van der Waals surface area contributed by atoms with E-state index in [1.54, 1.807) is 39.0 Å². The second-order valence-electron chi connectivity index (χ2n) is 5.00. The van der Waals surface area contributed by atoms with Crippen molar-refractivity contribution in [3.05, 3.63) is 23.8 Å². The molecule has 6 nitrogen and oxygen atoms in total. The van der Waals surface area contributed by atoms with Gasteiger partial charge in [0.2, 0.25) is 0 Å². The van der Waals surface area contributed by atoms with Gasteiger partial charge in [-0.1, -0.05) is 0 Å². The number of anilines is 2. The average molecular weight is 252 g/mol. The lowest BCUT2D eigenvalue weighted by atomic mass is 10.1. The molecule has 0 saturated carbocycles. The lowest BCUT2D eigenvalue weighted by Crippen LogP contribution is -2.28. The Kier molecular flexibility index (Phi) is 4.15. The van der Waals surface area contributed by atoms with Crippen LogP contribution in [0.15, 0.2) is 18.2 Å². The van der Waals surface area contributed by atoms with Crippen molar-refractivity contribution in [1.29, 1.82) is 0 Å². The highest BCUT2D eigenvalue weighted by molar-refractivity contribution is 5.86. The van der Waals surface area contributed by atoms with Crippen LogP contribution in [-0.2, 0) is 4.74 Å². The summed E-state index contributed by atoms with van der Waals surface area (Å²) in [5, 5.41) is 2.60. The molecule has 0 atom stereocenters. The van der Waals surface area contributed by atoms with Crippen LogP contribution in [0.5, 0.6) is 0 Å². The first-order valence-corrected chi connectivity index (χ1v) is 5.59. The van der Waals surface area contributed by atoms with Crippen LogP contribution >= 0.6 is 0 Å². The smallest absolute Gasteiger partial charge is 0.412 e. The number of rotatable bonds is 2. The van der Waals surface area contributed by atoms with Crippen molar-refractivity contribution >= 4 is 17.5 Å². The first-order chi connectivity index (χ1) is 8.19. The Morgan fingerprint density at radius 3 is 2.44 bits per heavy atom. The van der Waals surface area contributed by atoms with Crippen LogP contribution in [0.1, 0.15) is 32.5 Å². The van der Waals surface area contributed by atoms with Gasteiger partial charge in [-0.3, -0.25) is 5.32 Å². The molecule has 0 heterocycles. The third-order valence-corrected chi connectivity index (χ3v) is 2.07. The zero-order valence-corrected chi connectivity index (χ0v) is 10.9. The van der Waals surface area contributed by atoms with E-state index < -0.39 is 17.9 Å². The molecule has 0 aromatic heterocycles. The summed E-state index contributed by atoms with van der Waals surface area (Å²) in [5.41, 5.74) is 17.9. The minimum absolute atomic E-state index is 0.494. The van der Waals surface area contributed by atoms with E-state index in [2.05, 4.69) is 5.32 Å². The van der Waals surface area contributed by atoms with Crippen molar-refractivity contribution < 1.29 is 9.53 Å². The van der Waals surface area contributed by atoms with Crippen LogP contribution in [0, 0.1) is 0 Å². The third-order valence-electron chi connectivity index (χ3n) is 2.07. The molecule has 1 aromatic rings. The molecule has 1 rings (SSSR count). The molecule has 1 aromatic carbocycles. The van der Waals surface area contributed by atoms with E-state index in [0.29, 0.717) is 16.9 Å². The maximum Gasteiger partial charge on any atom is 0.412 e. The predicted octanol–water partition coefficient (Wildman–Crippen LogP) is 1.53. The van der Waals surface area contributed by atoms with E-state index >= 15 is 0 Å². The maximum atomic E-state index is 11.6. The van der Waals surface area contributed by atoms with Crippen molar-refractivity contribution in [1.82, 2.24) is 0 Å². The van der Waals surface area contributed by atoms with Gasteiger partial charge in [0.15, 0.2) is 0 Å². The van der Waals surface area contributed by atoms with Crippen LogP contribution in [0.25, 0.3) is 0 Å². The van der Waals surface area contributed by atoms with Gasteiger partial charge in [0.1, 0.15) is 5.60 Å². The largest absolute Gasteiger partial charge is 0.444 e. The lowest BCUT2D eigenvalue weighted by molar-refractivity contribution is 0.0636. The summed E-state index contributed by atoms with van der Waals surface area (Å²) in [4.78, 5) is 11.6. The number of hydrogen-bond acceptors (Lipinski definition) is 5. The molecule has 0 fully saturated rings. The summed E-state index contributed by atoms with van der Waals surface area (Å²) in [6.07, 6.45) is -1.28. The van der Waals surface area contributed by atoms with E-state index in [0.717, 1.165) is 0 Å². The number of nitrogens with two attached hydrogens (primary N) is 3. The topological polar surface area (TPSA) is 116 Å². The summed E-state index contributed by atoms with van der Waals surface area (Å²) in [6.45, 7) is 5.35. The van der Waals surface area contributed by atoms with Gasteiger partial charge in [0, 0.05) is 11.3 Å².